The number of pyridine rings is 1. The van der Waals surface area contributed by atoms with Crippen LogP contribution in [0.1, 0.15) is 25.1 Å². The number of anilines is 1. The molecule has 2 heterocycles. The summed E-state index contributed by atoms with van der Waals surface area (Å²) in [4.78, 5) is 16.4. The van der Waals surface area contributed by atoms with Gasteiger partial charge in [-0.05, 0) is 25.5 Å². The first kappa shape index (κ1) is 9.27. The highest BCUT2D eigenvalue weighted by molar-refractivity contribution is 5.41. The van der Waals surface area contributed by atoms with Gasteiger partial charge in [-0.1, -0.05) is 0 Å². The van der Waals surface area contributed by atoms with E-state index in [1.165, 1.54) is 0 Å². The number of nitrogens with one attached hydrogen (secondary N) is 1. The number of hydrogen-bond donors (Lipinski definition) is 2. The monoisotopic (exact) mass is 193 g/mol. The third-order valence-corrected chi connectivity index (χ3v) is 2.71. The number of fused-ring (bicyclic) bond motifs is 1. The number of rotatable bonds is 1. The molecule has 0 spiro atoms. The van der Waals surface area contributed by atoms with E-state index in [1.54, 1.807) is 6.07 Å². The van der Waals surface area contributed by atoms with Crippen LogP contribution in [0, 0.1) is 0 Å². The van der Waals surface area contributed by atoms with E-state index in [9.17, 15) is 4.79 Å². The van der Waals surface area contributed by atoms with Gasteiger partial charge in [-0.2, -0.15) is 0 Å². The molecule has 1 aliphatic rings. The highest BCUT2D eigenvalue weighted by atomic mass is 16.1. The van der Waals surface area contributed by atoms with Crippen molar-refractivity contribution in [3.8, 4) is 0 Å². The Morgan fingerprint density at radius 3 is 2.86 bits per heavy atom. The summed E-state index contributed by atoms with van der Waals surface area (Å²) in [5.74, 6) is 0. The Morgan fingerprint density at radius 1 is 1.50 bits per heavy atom. The van der Waals surface area contributed by atoms with Crippen molar-refractivity contribution in [2.45, 2.75) is 33.0 Å². The van der Waals surface area contributed by atoms with Crippen molar-refractivity contribution in [3.05, 3.63) is 27.7 Å². The van der Waals surface area contributed by atoms with E-state index in [0.29, 0.717) is 11.7 Å². The van der Waals surface area contributed by atoms with Crippen molar-refractivity contribution in [2.75, 3.05) is 5.73 Å². The zero-order valence-electron chi connectivity index (χ0n) is 8.50. The number of nitrogens with zero attached hydrogens (tertiary/aromatic N) is 1. The maximum absolute atomic E-state index is 11.3. The summed E-state index contributed by atoms with van der Waals surface area (Å²) in [7, 11) is 0. The van der Waals surface area contributed by atoms with E-state index >= 15 is 0 Å². The molecular formula is C10H15N3O. The van der Waals surface area contributed by atoms with Gasteiger partial charge in [0.05, 0.1) is 5.69 Å². The number of nitrogen functional groups attached to an aromatic ring is 1. The van der Waals surface area contributed by atoms with Crippen molar-refractivity contribution < 1.29 is 0 Å². The lowest BCUT2D eigenvalue weighted by Gasteiger charge is -2.18. The number of H-pyrrole nitrogens is 1. The molecular weight excluding hydrogens is 178 g/mol. The van der Waals surface area contributed by atoms with E-state index in [0.717, 1.165) is 24.3 Å². The fourth-order valence-electron chi connectivity index (χ4n) is 1.75. The van der Waals surface area contributed by atoms with Gasteiger partial charge in [0.25, 0.3) is 5.56 Å². The van der Waals surface area contributed by atoms with Crippen LogP contribution in [0.3, 0.4) is 0 Å². The third kappa shape index (κ3) is 1.42. The van der Waals surface area contributed by atoms with Crippen LogP contribution in [0.4, 0.5) is 5.69 Å². The average Bonchev–Trinajstić information content (AvgIpc) is 2.48. The Hall–Kier alpha value is -1.29. The molecule has 3 N–H and O–H groups in total. The van der Waals surface area contributed by atoms with Crippen molar-refractivity contribution >= 4 is 5.69 Å². The van der Waals surface area contributed by atoms with E-state index in [4.69, 9.17) is 5.73 Å². The molecule has 0 radical (unpaired) electrons. The predicted octanol–water partition coefficient (Wildman–Crippen LogP) is 0.681. The molecule has 0 unspecified atom stereocenters. The highest BCUT2D eigenvalue weighted by Gasteiger charge is 2.22. The second kappa shape index (κ2) is 3.13. The van der Waals surface area contributed by atoms with Crippen LogP contribution in [0.15, 0.2) is 10.9 Å². The predicted molar refractivity (Wildman–Crippen MR) is 55.9 cm³/mol. The molecule has 0 saturated heterocycles. The fraction of sp³-hybridized carbons (Fsp3) is 0.500. The molecule has 1 aliphatic heterocycles. The van der Waals surface area contributed by atoms with E-state index in [2.05, 4.69) is 23.7 Å². The van der Waals surface area contributed by atoms with Crippen molar-refractivity contribution in [3.63, 3.8) is 0 Å². The second-order valence-electron chi connectivity index (χ2n) is 4.06. The number of aromatic amines is 1. The SMILES string of the molecule is CC(C)N1Cc2cc(N)c(=O)[nH]c2C1. The molecule has 0 atom stereocenters. The van der Waals surface area contributed by atoms with Crippen LogP contribution in [0.2, 0.25) is 0 Å². The van der Waals surface area contributed by atoms with Crippen LogP contribution in [0.25, 0.3) is 0 Å². The summed E-state index contributed by atoms with van der Waals surface area (Å²) < 4.78 is 0. The summed E-state index contributed by atoms with van der Waals surface area (Å²) in [6.45, 7) is 6.00. The molecule has 2 rings (SSSR count). The van der Waals surface area contributed by atoms with E-state index in [1.807, 2.05) is 0 Å². The van der Waals surface area contributed by atoms with Crippen LogP contribution in [0.5, 0.6) is 0 Å². The highest BCUT2D eigenvalue weighted by Crippen LogP contribution is 2.22. The molecule has 0 bridgehead atoms. The van der Waals surface area contributed by atoms with Crippen LogP contribution in [-0.4, -0.2) is 15.9 Å². The molecule has 1 aromatic heterocycles. The lowest BCUT2D eigenvalue weighted by atomic mass is 10.2. The number of aromatic nitrogens is 1. The van der Waals surface area contributed by atoms with Gasteiger partial charge in [0.1, 0.15) is 0 Å². The zero-order valence-corrected chi connectivity index (χ0v) is 8.50. The van der Waals surface area contributed by atoms with Gasteiger partial charge < -0.3 is 10.7 Å². The van der Waals surface area contributed by atoms with E-state index in [-0.39, 0.29) is 5.56 Å². The van der Waals surface area contributed by atoms with Crippen molar-refractivity contribution in [1.29, 1.82) is 0 Å². The molecule has 4 heteroatoms. The summed E-state index contributed by atoms with van der Waals surface area (Å²) in [5.41, 5.74) is 7.86. The molecule has 0 fully saturated rings. The van der Waals surface area contributed by atoms with Gasteiger partial charge in [0, 0.05) is 24.8 Å². The molecule has 1 aromatic rings. The smallest absolute Gasteiger partial charge is 0.271 e. The minimum absolute atomic E-state index is 0.172. The Balaban J connectivity index is 2.36. The topological polar surface area (TPSA) is 62.1 Å². The lowest BCUT2D eigenvalue weighted by Crippen LogP contribution is -2.24. The van der Waals surface area contributed by atoms with Crippen LogP contribution >= 0.6 is 0 Å². The van der Waals surface area contributed by atoms with Gasteiger partial charge in [0.15, 0.2) is 0 Å². The fourth-order valence-corrected chi connectivity index (χ4v) is 1.75. The lowest BCUT2D eigenvalue weighted by molar-refractivity contribution is 0.226. The van der Waals surface area contributed by atoms with Crippen molar-refractivity contribution in [1.82, 2.24) is 9.88 Å². The van der Waals surface area contributed by atoms with Gasteiger partial charge in [-0.15, -0.1) is 0 Å². The Bertz CT molecular complexity index is 408. The molecule has 0 saturated carbocycles. The molecule has 0 aliphatic carbocycles. The van der Waals surface area contributed by atoms with Crippen LogP contribution in [-0.2, 0) is 13.1 Å². The molecule has 0 aromatic carbocycles. The Labute approximate surface area is 82.7 Å². The van der Waals surface area contributed by atoms with Gasteiger partial charge in [-0.25, -0.2) is 0 Å². The summed E-state index contributed by atoms with van der Waals surface area (Å²) >= 11 is 0. The minimum atomic E-state index is -0.172. The van der Waals surface area contributed by atoms with Crippen LogP contribution < -0.4 is 11.3 Å². The van der Waals surface area contributed by atoms with Crippen molar-refractivity contribution in [2.24, 2.45) is 0 Å². The summed E-state index contributed by atoms with van der Waals surface area (Å²) in [6.07, 6.45) is 0. The summed E-state index contributed by atoms with van der Waals surface area (Å²) in [6, 6.07) is 2.28. The maximum Gasteiger partial charge on any atom is 0.271 e. The molecule has 76 valence electrons. The largest absolute Gasteiger partial charge is 0.394 e. The maximum atomic E-state index is 11.3. The number of hydrogen-bond acceptors (Lipinski definition) is 3. The second-order valence-corrected chi connectivity index (χ2v) is 4.06. The quantitative estimate of drug-likeness (QED) is 0.689. The molecule has 4 nitrogen and oxygen atoms in total. The van der Waals surface area contributed by atoms with Gasteiger partial charge in [0.2, 0.25) is 0 Å². The standard InChI is InChI=1S/C10H15N3O/c1-6(2)13-4-7-3-8(11)10(14)12-9(7)5-13/h3,6H,4-5,11H2,1-2H3,(H,12,14). The Morgan fingerprint density at radius 2 is 2.21 bits per heavy atom. The van der Waals surface area contributed by atoms with Gasteiger partial charge >= 0.3 is 0 Å². The first-order chi connectivity index (χ1) is 6.58. The first-order valence-corrected chi connectivity index (χ1v) is 4.82. The minimum Gasteiger partial charge on any atom is -0.394 e. The third-order valence-electron chi connectivity index (χ3n) is 2.71. The average molecular weight is 193 g/mol. The number of nitrogens with two attached hydrogens (primary N) is 1. The first-order valence-electron chi connectivity index (χ1n) is 4.82. The van der Waals surface area contributed by atoms with E-state index < -0.39 is 0 Å². The molecule has 14 heavy (non-hydrogen) atoms. The zero-order chi connectivity index (χ0) is 10.3. The Kier molecular flexibility index (Phi) is 2.07. The molecule has 0 amide bonds. The van der Waals surface area contributed by atoms with Gasteiger partial charge in [-0.3, -0.25) is 9.69 Å². The normalized spacial score (nSPS) is 16.2. The summed E-state index contributed by atoms with van der Waals surface area (Å²) in [5, 5.41) is 0.